The maximum atomic E-state index is 12.2. The van der Waals surface area contributed by atoms with Crippen molar-refractivity contribution in [3.8, 4) is 0 Å². The van der Waals surface area contributed by atoms with Crippen molar-refractivity contribution < 1.29 is 13.5 Å². The molecule has 1 N–H and O–H groups in total. The smallest absolute Gasteiger partial charge is 0.243 e. The number of sulfonamides is 1. The number of hydrogen-bond acceptors (Lipinski definition) is 3. The summed E-state index contributed by atoms with van der Waals surface area (Å²) in [6, 6.07) is 6.70. The van der Waals surface area contributed by atoms with Crippen molar-refractivity contribution >= 4 is 26.0 Å². The van der Waals surface area contributed by atoms with Crippen molar-refractivity contribution in [3.63, 3.8) is 0 Å². The van der Waals surface area contributed by atoms with Crippen LogP contribution in [0.25, 0.3) is 0 Å². The Morgan fingerprint density at radius 3 is 2.29 bits per heavy atom. The van der Waals surface area contributed by atoms with Crippen LogP contribution in [0.4, 0.5) is 0 Å². The Bertz CT molecular complexity index is 438. The Balaban J connectivity index is 3.02. The van der Waals surface area contributed by atoms with Crippen LogP contribution in [0.1, 0.15) is 5.56 Å². The summed E-state index contributed by atoms with van der Waals surface area (Å²) in [6.07, 6.45) is 0. The molecule has 0 amide bonds. The van der Waals surface area contributed by atoms with Gasteiger partial charge < -0.3 is 5.11 Å². The largest absolute Gasteiger partial charge is 0.395 e. The highest BCUT2D eigenvalue weighted by molar-refractivity contribution is 9.09. The van der Waals surface area contributed by atoms with Gasteiger partial charge >= 0.3 is 0 Å². The van der Waals surface area contributed by atoms with Crippen molar-refractivity contribution in [1.29, 1.82) is 0 Å². The van der Waals surface area contributed by atoms with E-state index in [0.29, 0.717) is 11.9 Å². The second-order valence-corrected chi connectivity index (χ2v) is 6.36. The van der Waals surface area contributed by atoms with E-state index in [9.17, 15) is 8.42 Å². The molecule has 0 atom stereocenters. The molecule has 0 spiro atoms. The van der Waals surface area contributed by atoms with Crippen LogP contribution in [-0.4, -0.2) is 42.9 Å². The number of rotatable bonds is 6. The van der Waals surface area contributed by atoms with Crippen LogP contribution in [0.3, 0.4) is 0 Å². The van der Waals surface area contributed by atoms with E-state index in [1.807, 2.05) is 6.92 Å². The highest BCUT2D eigenvalue weighted by atomic mass is 79.9. The molecule has 0 fully saturated rings. The molecule has 1 aromatic rings. The van der Waals surface area contributed by atoms with Gasteiger partial charge in [0.1, 0.15) is 0 Å². The van der Waals surface area contributed by atoms with E-state index in [0.717, 1.165) is 5.56 Å². The first-order valence-electron chi connectivity index (χ1n) is 5.26. The summed E-state index contributed by atoms with van der Waals surface area (Å²) in [5, 5.41) is 9.44. The molecule has 0 aliphatic rings. The van der Waals surface area contributed by atoms with Crippen LogP contribution in [0.5, 0.6) is 0 Å². The molecule has 4 nitrogen and oxygen atoms in total. The Hall–Kier alpha value is -0.430. The number of benzene rings is 1. The molecule has 0 heterocycles. The Morgan fingerprint density at radius 2 is 1.82 bits per heavy atom. The lowest BCUT2D eigenvalue weighted by atomic mass is 10.2. The van der Waals surface area contributed by atoms with Crippen LogP contribution in [-0.2, 0) is 10.0 Å². The quantitative estimate of drug-likeness (QED) is 0.805. The molecule has 96 valence electrons. The number of aliphatic hydroxyl groups is 1. The minimum absolute atomic E-state index is 0.113. The van der Waals surface area contributed by atoms with Gasteiger partial charge in [-0.05, 0) is 19.1 Å². The van der Waals surface area contributed by atoms with Crippen LogP contribution in [0.2, 0.25) is 0 Å². The molecule has 0 radical (unpaired) electrons. The molecular formula is C11H16BrNO3S. The molecule has 1 aromatic carbocycles. The van der Waals surface area contributed by atoms with E-state index in [1.165, 1.54) is 4.31 Å². The van der Waals surface area contributed by atoms with Crippen LogP contribution < -0.4 is 0 Å². The van der Waals surface area contributed by atoms with Crippen LogP contribution >= 0.6 is 15.9 Å². The standard InChI is InChI=1S/C11H16BrNO3S/c1-10-2-4-11(5-3-10)17(15,16)13(7-6-12)8-9-14/h2-5,14H,6-9H2,1H3. The molecule has 6 heteroatoms. The monoisotopic (exact) mass is 321 g/mol. The molecule has 0 saturated heterocycles. The molecule has 0 unspecified atom stereocenters. The maximum absolute atomic E-state index is 12.2. The number of aliphatic hydroxyl groups excluding tert-OH is 1. The third-order valence-corrected chi connectivity index (χ3v) is 4.61. The van der Waals surface area contributed by atoms with Crippen molar-refractivity contribution in [3.05, 3.63) is 29.8 Å². The number of hydrogen-bond donors (Lipinski definition) is 1. The first-order valence-corrected chi connectivity index (χ1v) is 7.82. The van der Waals surface area contributed by atoms with E-state index < -0.39 is 10.0 Å². The zero-order valence-electron chi connectivity index (χ0n) is 9.63. The fourth-order valence-corrected chi connectivity index (χ4v) is 3.51. The first-order chi connectivity index (χ1) is 8.02. The van der Waals surface area contributed by atoms with Crippen LogP contribution in [0.15, 0.2) is 29.2 Å². The predicted molar refractivity (Wildman–Crippen MR) is 70.8 cm³/mol. The van der Waals surface area contributed by atoms with E-state index >= 15 is 0 Å². The molecule has 0 aliphatic heterocycles. The summed E-state index contributed by atoms with van der Waals surface area (Å²) in [4.78, 5) is 0.262. The predicted octanol–water partition coefficient (Wildman–Crippen LogP) is 1.37. The zero-order valence-corrected chi connectivity index (χ0v) is 12.0. The molecule has 0 aromatic heterocycles. The Morgan fingerprint density at radius 1 is 1.24 bits per heavy atom. The van der Waals surface area contributed by atoms with Crippen molar-refractivity contribution in [2.24, 2.45) is 0 Å². The lowest BCUT2D eigenvalue weighted by Crippen LogP contribution is -2.35. The van der Waals surface area contributed by atoms with Gasteiger partial charge in [-0.3, -0.25) is 0 Å². The van der Waals surface area contributed by atoms with E-state index in [1.54, 1.807) is 24.3 Å². The third-order valence-electron chi connectivity index (χ3n) is 2.34. The van der Waals surface area contributed by atoms with Gasteiger partial charge in [0.2, 0.25) is 10.0 Å². The van der Waals surface area contributed by atoms with Crippen LogP contribution in [0, 0.1) is 6.92 Å². The topological polar surface area (TPSA) is 57.6 Å². The van der Waals surface area contributed by atoms with E-state index in [-0.39, 0.29) is 18.0 Å². The van der Waals surface area contributed by atoms with Crippen molar-refractivity contribution in [1.82, 2.24) is 4.31 Å². The van der Waals surface area contributed by atoms with E-state index in [4.69, 9.17) is 5.11 Å². The summed E-state index contributed by atoms with van der Waals surface area (Å²) >= 11 is 3.21. The third kappa shape index (κ3) is 3.77. The normalized spacial score (nSPS) is 12.0. The summed E-state index contributed by atoms with van der Waals surface area (Å²) in [5.74, 6) is 0. The first kappa shape index (κ1) is 14.6. The van der Waals surface area contributed by atoms with Gasteiger partial charge in [0, 0.05) is 18.4 Å². The average molecular weight is 322 g/mol. The SMILES string of the molecule is Cc1ccc(S(=O)(=O)N(CCO)CCBr)cc1. The van der Waals surface area contributed by atoms with Gasteiger partial charge in [0.05, 0.1) is 11.5 Å². The van der Waals surface area contributed by atoms with E-state index in [2.05, 4.69) is 15.9 Å². The van der Waals surface area contributed by atoms with Gasteiger partial charge in [-0.2, -0.15) is 4.31 Å². The molecule has 0 aliphatic carbocycles. The molecule has 17 heavy (non-hydrogen) atoms. The minimum Gasteiger partial charge on any atom is -0.395 e. The number of alkyl halides is 1. The molecule has 0 saturated carbocycles. The van der Waals surface area contributed by atoms with Gasteiger partial charge in [-0.15, -0.1) is 0 Å². The zero-order chi connectivity index (χ0) is 12.9. The summed E-state index contributed by atoms with van der Waals surface area (Å²) in [6.45, 7) is 2.18. The number of nitrogens with zero attached hydrogens (tertiary/aromatic N) is 1. The van der Waals surface area contributed by atoms with Crippen molar-refractivity contribution in [2.75, 3.05) is 25.0 Å². The van der Waals surface area contributed by atoms with Gasteiger partial charge in [0.25, 0.3) is 0 Å². The highest BCUT2D eigenvalue weighted by Gasteiger charge is 2.22. The number of halogens is 1. The fraction of sp³-hybridized carbons (Fsp3) is 0.455. The summed E-state index contributed by atoms with van der Waals surface area (Å²) in [5.41, 5.74) is 1.01. The summed E-state index contributed by atoms with van der Waals surface area (Å²) in [7, 11) is -3.50. The highest BCUT2D eigenvalue weighted by Crippen LogP contribution is 2.16. The second-order valence-electron chi connectivity index (χ2n) is 3.63. The number of aryl methyl sites for hydroxylation is 1. The maximum Gasteiger partial charge on any atom is 0.243 e. The minimum atomic E-state index is -3.50. The average Bonchev–Trinajstić information content (AvgIpc) is 2.29. The molecule has 1 rings (SSSR count). The van der Waals surface area contributed by atoms with Gasteiger partial charge in [0.15, 0.2) is 0 Å². The lowest BCUT2D eigenvalue weighted by Gasteiger charge is -2.20. The Labute approximate surface area is 110 Å². The van der Waals surface area contributed by atoms with Gasteiger partial charge in [-0.25, -0.2) is 8.42 Å². The molecule has 0 bridgehead atoms. The fourth-order valence-electron chi connectivity index (χ4n) is 1.42. The summed E-state index contributed by atoms with van der Waals surface area (Å²) < 4.78 is 25.7. The second kappa shape index (κ2) is 6.49. The molecular weight excluding hydrogens is 306 g/mol. The van der Waals surface area contributed by atoms with Gasteiger partial charge in [-0.1, -0.05) is 33.6 Å². The lowest BCUT2D eigenvalue weighted by molar-refractivity contribution is 0.257. The van der Waals surface area contributed by atoms with Crippen molar-refractivity contribution in [2.45, 2.75) is 11.8 Å². The Kier molecular flexibility index (Phi) is 5.58.